The molecule has 4 rings (SSSR count). The summed E-state index contributed by atoms with van der Waals surface area (Å²) in [4.78, 5) is 8.90. The van der Waals surface area contributed by atoms with Crippen LogP contribution in [0.15, 0.2) is 48.1 Å². The first-order valence-electron chi connectivity index (χ1n) is 7.75. The number of fused-ring (bicyclic) bond motifs is 1. The van der Waals surface area contributed by atoms with Gasteiger partial charge in [0.05, 0.1) is 21.6 Å². The van der Waals surface area contributed by atoms with E-state index in [1.54, 1.807) is 11.3 Å². The first kappa shape index (κ1) is 14.8. The fraction of sp³-hybridized carbons (Fsp3) is 0.167. The number of thiophene rings is 1. The quantitative estimate of drug-likeness (QED) is 0.610. The number of hydrogen-bond donors (Lipinski definition) is 1. The third kappa shape index (κ3) is 2.76. The molecule has 0 radical (unpaired) electrons. The van der Waals surface area contributed by atoms with Gasteiger partial charge >= 0.3 is 0 Å². The minimum atomic E-state index is 0.724. The Bertz CT molecular complexity index is 984. The van der Waals surface area contributed by atoms with Crippen LogP contribution in [0, 0.1) is 13.8 Å². The smallest absolute Gasteiger partial charge is 0.153 e. The number of aryl methyl sites for hydroxylation is 2. The maximum atomic E-state index is 4.54. The highest BCUT2D eigenvalue weighted by Crippen LogP contribution is 2.27. The number of anilines is 1. The normalized spacial score (nSPS) is 11.1. The molecular formula is C18H17N5S. The summed E-state index contributed by atoms with van der Waals surface area (Å²) >= 11 is 1.70. The minimum Gasteiger partial charge on any atom is -0.380 e. The molecule has 4 heterocycles. The van der Waals surface area contributed by atoms with Crippen molar-refractivity contribution in [1.29, 1.82) is 0 Å². The third-order valence-corrected chi connectivity index (χ3v) is 4.80. The molecule has 0 atom stereocenters. The molecule has 0 fully saturated rings. The first-order valence-corrected chi connectivity index (χ1v) is 8.63. The van der Waals surface area contributed by atoms with Gasteiger partial charge in [-0.1, -0.05) is 6.07 Å². The molecule has 0 aromatic carbocycles. The second-order valence-corrected chi connectivity index (χ2v) is 6.63. The lowest BCUT2D eigenvalue weighted by Crippen LogP contribution is -2.04. The lowest BCUT2D eigenvalue weighted by atomic mass is 10.2. The molecule has 0 saturated heterocycles. The van der Waals surface area contributed by atoms with Crippen molar-refractivity contribution in [2.24, 2.45) is 0 Å². The highest BCUT2D eigenvalue weighted by molar-refractivity contribution is 7.17. The Labute approximate surface area is 144 Å². The maximum Gasteiger partial charge on any atom is 0.153 e. The summed E-state index contributed by atoms with van der Waals surface area (Å²) in [5, 5.41) is 10.0. The van der Waals surface area contributed by atoms with Crippen molar-refractivity contribution in [2.75, 3.05) is 5.32 Å². The fourth-order valence-corrected chi connectivity index (χ4v) is 3.56. The van der Waals surface area contributed by atoms with E-state index >= 15 is 0 Å². The zero-order valence-electron chi connectivity index (χ0n) is 13.5. The lowest BCUT2D eigenvalue weighted by molar-refractivity contribution is 0.804. The highest BCUT2D eigenvalue weighted by atomic mass is 32.1. The van der Waals surface area contributed by atoms with E-state index in [9.17, 15) is 0 Å². The van der Waals surface area contributed by atoms with Gasteiger partial charge in [-0.2, -0.15) is 5.10 Å². The molecule has 6 heteroatoms. The van der Waals surface area contributed by atoms with Gasteiger partial charge in [-0.05, 0) is 49.1 Å². The summed E-state index contributed by atoms with van der Waals surface area (Å²) in [6.45, 7) is 4.75. The maximum absolute atomic E-state index is 4.54. The summed E-state index contributed by atoms with van der Waals surface area (Å²) < 4.78 is 3.05. The predicted molar refractivity (Wildman–Crippen MR) is 97.8 cm³/mol. The molecule has 0 aliphatic rings. The second kappa shape index (κ2) is 6.05. The minimum absolute atomic E-state index is 0.724. The summed E-state index contributed by atoms with van der Waals surface area (Å²) in [5.41, 5.74) is 5.35. The molecule has 0 unspecified atom stereocenters. The Morgan fingerprint density at radius 1 is 1.12 bits per heavy atom. The molecule has 120 valence electrons. The van der Waals surface area contributed by atoms with Crippen LogP contribution in [0.3, 0.4) is 0 Å². The summed E-state index contributed by atoms with van der Waals surface area (Å²) in [6.07, 6.45) is 3.73. The second-order valence-electron chi connectivity index (χ2n) is 5.71. The van der Waals surface area contributed by atoms with Gasteiger partial charge in [0, 0.05) is 24.6 Å². The van der Waals surface area contributed by atoms with E-state index in [1.807, 2.05) is 55.2 Å². The Kier molecular flexibility index (Phi) is 3.74. The van der Waals surface area contributed by atoms with E-state index in [-0.39, 0.29) is 0 Å². The van der Waals surface area contributed by atoms with Crippen LogP contribution in [-0.2, 0) is 6.54 Å². The van der Waals surface area contributed by atoms with Gasteiger partial charge < -0.3 is 5.32 Å². The van der Waals surface area contributed by atoms with Crippen molar-refractivity contribution in [3.8, 4) is 5.82 Å². The number of hydrogen-bond acceptors (Lipinski definition) is 5. The standard InChI is InChI=1S/C18H17N5S/c1-12-9-13(2)23(22-12)17-4-3-14(11-21-17)10-20-15-5-7-19-16-6-8-24-18(15)16/h3-9,11H,10H2,1-2H3,(H,19,20). The van der Waals surface area contributed by atoms with Crippen molar-refractivity contribution in [3.05, 3.63) is 65.1 Å². The van der Waals surface area contributed by atoms with E-state index < -0.39 is 0 Å². The fourth-order valence-electron chi connectivity index (χ4n) is 2.72. The third-order valence-electron chi connectivity index (χ3n) is 3.86. The van der Waals surface area contributed by atoms with E-state index in [0.717, 1.165) is 40.5 Å². The zero-order chi connectivity index (χ0) is 16.5. The molecule has 5 nitrogen and oxygen atoms in total. The topological polar surface area (TPSA) is 55.6 Å². The van der Waals surface area contributed by atoms with Crippen LogP contribution in [-0.4, -0.2) is 19.7 Å². The zero-order valence-corrected chi connectivity index (χ0v) is 14.3. The van der Waals surface area contributed by atoms with Gasteiger partial charge in [0.25, 0.3) is 0 Å². The van der Waals surface area contributed by atoms with E-state index in [1.165, 1.54) is 4.70 Å². The van der Waals surface area contributed by atoms with Crippen molar-refractivity contribution in [2.45, 2.75) is 20.4 Å². The van der Waals surface area contributed by atoms with Crippen LogP contribution in [0.1, 0.15) is 17.0 Å². The molecule has 0 amide bonds. The van der Waals surface area contributed by atoms with E-state index in [2.05, 4.69) is 31.8 Å². The lowest BCUT2D eigenvalue weighted by Gasteiger charge is -2.08. The number of nitrogens with one attached hydrogen (secondary N) is 1. The largest absolute Gasteiger partial charge is 0.380 e. The van der Waals surface area contributed by atoms with Gasteiger partial charge in [-0.3, -0.25) is 4.98 Å². The van der Waals surface area contributed by atoms with Gasteiger partial charge in [0.1, 0.15) is 0 Å². The van der Waals surface area contributed by atoms with Crippen LogP contribution < -0.4 is 5.32 Å². The average Bonchev–Trinajstić information content (AvgIpc) is 3.19. The molecule has 0 bridgehead atoms. The monoisotopic (exact) mass is 335 g/mol. The van der Waals surface area contributed by atoms with Crippen molar-refractivity contribution >= 4 is 27.2 Å². The molecule has 4 aromatic rings. The first-order chi connectivity index (χ1) is 11.7. The Morgan fingerprint density at radius 2 is 2.04 bits per heavy atom. The molecule has 4 aromatic heterocycles. The van der Waals surface area contributed by atoms with Crippen LogP contribution in [0.25, 0.3) is 16.0 Å². The molecule has 0 spiro atoms. The highest BCUT2D eigenvalue weighted by Gasteiger charge is 2.06. The van der Waals surface area contributed by atoms with E-state index in [4.69, 9.17) is 0 Å². The van der Waals surface area contributed by atoms with Gasteiger partial charge in [-0.25, -0.2) is 9.67 Å². The van der Waals surface area contributed by atoms with Crippen molar-refractivity contribution < 1.29 is 0 Å². The predicted octanol–water partition coefficient (Wildman–Crippen LogP) is 4.11. The molecule has 24 heavy (non-hydrogen) atoms. The molecule has 0 saturated carbocycles. The van der Waals surface area contributed by atoms with Crippen molar-refractivity contribution in [1.82, 2.24) is 19.7 Å². The van der Waals surface area contributed by atoms with Gasteiger partial charge in [0.2, 0.25) is 0 Å². The number of pyridine rings is 2. The number of nitrogens with zero attached hydrogens (tertiary/aromatic N) is 4. The summed E-state index contributed by atoms with van der Waals surface area (Å²) in [6, 6.07) is 10.2. The summed E-state index contributed by atoms with van der Waals surface area (Å²) in [7, 11) is 0. The van der Waals surface area contributed by atoms with E-state index in [0.29, 0.717) is 0 Å². The van der Waals surface area contributed by atoms with Crippen LogP contribution >= 0.6 is 11.3 Å². The van der Waals surface area contributed by atoms with Crippen molar-refractivity contribution in [3.63, 3.8) is 0 Å². The summed E-state index contributed by atoms with van der Waals surface area (Å²) in [5.74, 6) is 0.842. The Morgan fingerprint density at radius 3 is 2.79 bits per heavy atom. The van der Waals surface area contributed by atoms with Crippen LogP contribution in [0.2, 0.25) is 0 Å². The van der Waals surface area contributed by atoms with Crippen LogP contribution in [0.4, 0.5) is 5.69 Å². The van der Waals surface area contributed by atoms with Crippen LogP contribution in [0.5, 0.6) is 0 Å². The molecule has 0 aliphatic heterocycles. The average molecular weight is 335 g/mol. The van der Waals surface area contributed by atoms with Gasteiger partial charge in [0.15, 0.2) is 5.82 Å². The molecule has 0 aliphatic carbocycles. The molecule has 1 N–H and O–H groups in total. The number of aromatic nitrogens is 4. The Balaban J connectivity index is 1.52. The SMILES string of the molecule is Cc1cc(C)n(-c2ccc(CNc3ccnc4ccsc34)cn2)n1. The number of rotatable bonds is 4. The molecular weight excluding hydrogens is 318 g/mol. The van der Waals surface area contributed by atoms with Gasteiger partial charge in [-0.15, -0.1) is 11.3 Å². The Hall–Kier alpha value is -2.73.